The summed E-state index contributed by atoms with van der Waals surface area (Å²) in [5, 5.41) is 3.35. The van der Waals surface area contributed by atoms with Gasteiger partial charge >= 0.3 is 0 Å². The molecule has 0 aliphatic carbocycles. The highest BCUT2D eigenvalue weighted by Crippen LogP contribution is 2.16. The second kappa shape index (κ2) is 7.65. The van der Waals surface area contributed by atoms with Crippen LogP contribution in [0.3, 0.4) is 0 Å². The van der Waals surface area contributed by atoms with Crippen molar-refractivity contribution in [1.29, 1.82) is 0 Å². The Labute approximate surface area is 119 Å². The van der Waals surface area contributed by atoms with Crippen LogP contribution in [0.25, 0.3) is 0 Å². The number of ether oxygens (including phenoxy) is 1. The van der Waals surface area contributed by atoms with Gasteiger partial charge in [-0.05, 0) is 36.7 Å². The molecule has 0 aliphatic heterocycles. The molecular weight excluding hydrogens is 253 g/mol. The minimum Gasteiger partial charge on any atom is -0.489 e. The molecular formula is C17H20FNO. The normalized spacial score (nSPS) is 10.5. The Balaban J connectivity index is 1.93. The molecule has 0 amide bonds. The molecule has 0 bridgehead atoms. The molecule has 0 heterocycles. The summed E-state index contributed by atoms with van der Waals surface area (Å²) in [6, 6.07) is 14.6. The Morgan fingerprint density at radius 2 is 1.95 bits per heavy atom. The second-order valence-corrected chi connectivity index (χ2v) is 4.70. The van der Waals surface area contributed by atoms with Crippen LogP contribution in [-0.4, -0.2) is 6.54 Å². The average molecular weight is 273 g/mol. The Hall–Kier alpha value is -1.87. The first-order chi connectivity index (χ1) is 9.79. The topological polar surface area (TPSA) is 21.3 Å². The minimum atomic E-state index is -0.228. The van der Waals surface area contributed by atoms with E-state index < -0.39 is 0 Å². The summed E-state index contributed by atoms with van der Waals surface area (Å²) in [5.74, 6) is 0.539. The van der Waals surface area contributed by atoms with Gasteiger partial charge in [0.25, 0.3) is 0 Å². The summed E-state index contributed by atoms with van der Waals surface area (Å²) in [6.45, 7) is 4.21. The molecule has 0 aromatic heterocycles. The summed E-state index contributed by atoms with van der Waals surface area (Å²) in [5.41, 5.74) is 1.74. The Bertz CT molecular complexity index is 542. The maximum atomic E-state index is 13.5. The van der Waals surface area contributed by atoms with Crippen molar-refractivity contribution in [2.45, 2.75) is 26.5 Å². The molecule has 20 heavy (non-hydrogen) atoms. The molecule has 0 aliphatic rings. The fraction of sp³-hybridized carbons (Fsp3) is 0.294. The largest absolute Gasteiger partial charge is 0.489 e. The van der Waals surface area contributed by atoms with Crippen molar-refractivity contribution < 1.29 is 9.13 Å². The van der Waals surface area contributed by atoms with Crippen LogP contribution in [0.2, 0.25) is 0 Å². The van der Waals surface area contributed by atoms with E-state index >= 15 is 0 Å². The molecule has 3 heteroatoms. The third-order valence-electron chi connectivity index (χ3n) is 3.01. The van der Waals surface area contributed by atoms with Crippen molar-refractivity contribution in [1.82, 2.24) is 5.32 Å². The zero-order chi connectivity index (χ0) is 14.2. The molecule has 1 N–H and O–H groups in total. The van der Waals surface area contributed by atoms with E-state index in [2.05, 4.69) is 18.3 Å². The predicted octanol–water partition coefficient (Wildman–Crippen LogP) is 3.90. The lowest BCUT2D eigenvalue weighted by molar-refractivity contribution is 0.299. The van der Waals surface area contributed by atoms with Gasteiger partial charge in [-0.3, -0.25) is 0 Å². The van der Waals surface area contributed by atoms with Crippen molar-refractivity contribution >= 4 is 0 Å². The molecule has 0 saturated carbocycles. The van der Waals surface area contributed by atoms with Crippen LogP contribution in [0.4, 0.5) is 4.39 Å². The SMILES string of the molecule is CCCNCc1cccc(OCc2ccccc2F)c1. The Morgan fingerprint density at radius 3 is 2.75 bits per heavy atom. The van der Waals surface area contributed by atoms with Gasteiger partial charge in [0.1, 0.15) is 18.2 Å². The Kier molecular flexibility index (Phi) is 5.56. The van der Waals surface area contributed by atoms with Gasteiger partial charge in [0.15, 0.2) is 0 Å². The molecule has 0 spiro atoms. The summed E-state index contributed by atoms with van der Waals surface area (Å²) in [4.78, 5) is 0. The van der Waals surface area contributed by atoms with Crippen molar-refractivity contribution in [2.24, 2.45) is 0 Å². The van der Waals surface area contributed by atoms with Crippen LogP contribution in [0.1, 0.15) is 24.5 Å². The smallest absolute Gasteiger partial charge is 0.129 e. The van der Waals surface area contributed by atoms with E-state index in [1.165, 1.54) is 11.6 Å². The van der Waals surface area contributed by atoms with Crippen LogP contribution < -0.4 is 10.1 Å². The molecule has 2 rings (SSSR count). The van der Waals surface area contributed by atoms with Crippen molar-refractivity contribution in [2.75, 3.05) is 6.54 Å². The molecule has 0 unspecified atom stereocenters. The van der Waals surface area contributed by atoms with Crippen molar-refractivity contribution in [3.8, 4) is 5.75 Å². The van der Waals surface area contributed by atoms with Crippen molar-refractivity contribution in [3.05, 3.63) is 65.5 Å². The van der Waals surface area contributed by atoms with Gasteiger partial charge in [0.05, 0.1) is 0 Å². The average Bonchev–Trinajstić information content (AvgIpc) is 2.47. The monoisotopic (exact) mass is 273 g/mol. The maximum Gasteiger partial charge on any atom is 0.129 e. The van der Waals surface area contributed by atoms with E-state index in [9.17, 15) is 4.39 Å². The molecule has 106 valence electrons. The maximum absolute atomic E-state index is 13.5. The summed E-state index contributed by atoms with van der Waals surface area (Å²) in [7, 11) is 0. The lowest BCUT2D eigenvalue weighted by atomic mass is 10.2. The van der Waals surface area contributed by atoms with Gasteiger partial charge in [-0.1, -0.05) is 37.3 Å². The van der Waals surface area contributed by atoms with Crippen LogP contribution in [-0.2, 0) is 13.2 Å². The lowest BCUT2D eigenvalue weighted by Crippen LogP contribution is -2.13. The minimum absolute atomic E-state index is 0.228. The van der Waals surface area contributed by atoms with E-state index in [4.69, 9.17) is 4.74 Å². The molecule has 0 atom stereocenters. The predicted molar refractivity (Wildman–Crippen MR) is 79.2 cm³/mol. The third kappa shape index (κ3) is 4.35. The van der Waals surface area contributed by atoms with Crippen LogP contribution in [0.5, 0.6) is 5.75 Å². The molecule has 0 fully saturated rings. The molecule has 2 aromatic carbocycles. The highest BCUT2D eigenvalue weighted by molar-refractivity contribution is 5.29. The molecule has 0 saturated heterocycles. The van der Waals surface area contributed by atoms with Gasteiger partial charge in [-0.2, -0.15) is 0 Å². The van der Waals surface area contributed by atoms with Crippen molar-refractivity contribution in [3.63, 3.8) is 0 Å². The van der Waals surface area contributed by atoms with Crippen LogP contribution in [0.15, 0.2) is 48.5 Å². The van der Waals surface area contributed by atoms with Crippen LogP contribution in [0, 0.1) is 5.82 Å². The summed E-state index contributed by atoms with van der Waals surface area (Å²) < 4.78 is 19.1. The fourth-order valence-electron chi connectivity index (χ4n) is 1.93. The first kappa shape index (κ1) is 14.5. The number of benzene rings is 2. The molecule has 0 radical (unpaired) electrons. The zero-order valence-electron chi connectivity index (χ0n) is 11.7. The molecule has 2 aromatic rings. The quantitative estimate of drug-likeness (QED) is 0.772. The van der Waals surface area contributed by atoms with Gasteiger partial charge < -0.3 is 10.1 Å². The van der Waals surface area contributed by atoms with Gasteiger partial charge in [0.2, 0.25) is 0 Å². The summed E-state index contributed by atoms with van der Waals surface area (Å²) >= 11 is 0. The first-order valence-electron chi connectivity index (χ1n) is 6.95. The third-order valence-corrected chi connectivity index (χ3v) is 3.01. The number of halogens is 1. The van der Waals surface area contributed by atoms with E-state index in [0.29, 0.717) is 5.56 Å². The zero-order valence-corrected chi connectivity index (χ0v) is 11.7. The first-order valence-corrected chi connectivity index (χ1v) is 6.95. The molecule has 2 nitrogen and oxygen atoms in total. The summed E-state index contributed by atoms with van der Waals surface area (Å²) in [6.07, 6.45) is 1.11. The Morgan fingerprint density at radius 1 is 1.10 bits per heavy atom. The standard InChI is InChI=1S/C17H20FNO/c1-2-10-19-12-14-6-5-8-16(11-14)20-13-15-7-3-4-9-17(15)18/h3-9,11,19H,2,10,12-13H2,1H3. The van der Waals surface area contributed by atoms with Gasteiger partial charge in [-0.15, -0.1) is 0 Å². The van der Waals surface area contributed by atoms with E-state index in [1.54, 1.807) is 12.1 Å². The van der Waals surface area contributed by atoms with E-state index in [-0.39, 0.29) is 12.4 Å². The number of hydrogen-bond donors (Lipinski definition) is 1. The van der Waals surface area contributed by atoms with Gasteiger partial charge in [-0.25, -0.2) is 4.39 Å². The highest BCUT2D eigenvalue weighted by atomic mass is 19.1. The number of nitrogens with one attached hydrogen (secondary N) is 1. The fourth-order valence-corrected chi connectivity index (χ4v) is 1.93. The highest BCUT2D eigenvalue weighted by Gasteiger charge is 2.02. The second-order valence-electron chi connectivity index (χ2n) is 4.70. The van der Waals surface area contributed by atoms with Crippen LogP contribution >= 0.6 is 0 Å². The van der Waals surface area contributed by atoms with E-state index in [0.717, 1.165) is 25.3 Å². The lowest BCUT2D eigenvalue weighted by Gasteiger charge is -2.09. The van der Waals surface area contributed by atoms with E-state index in [1.807, 2.05) is 24.3 Å². The number of rotatable bonds is 7. The van der Waals surface area contributed by atoms with Gasteiger partial charge in [0, 0.05) is 12.1 Å². The number of hydrogen-bond acceptors (Lipinski definition) is 2.